The van der Waals surface area contributed by atoms with E-state index in [1.54, 1.807) is 31.2 Å². The van der Waals surface area contributed by atoms with Crippen LogP contribution < -0.4 is 10.5 Å². The zero-order valence-corrected chi connectivity index (χ0v) is 19.0. The molecule has 2 atom stereocenters. The number of ketones is 1. The lowest BCUT2D eigenvalue weighted by Crippen LogP contribution is -2.62. The average Bonchev–Trinajstić information content (AvgIpc) is 2.63. The van der Waals surface area contributed by atoms with Gasteiger partial charge in [-0.1, -0.05) is 18.2 Å². The maximum Gasteiger partial charge on any atom is 0.241 e. The van der Waals surface area contributed by atoms with Crippen LogP contribution >= 0.6 is 0 Å². The van der Waals surface area contributed by atoms with E-state index in [4.69, 9.17) is 5.73 Å². The molecule has 0 saturated heterocycles. The number of aryl methyl sites for hydroxylation is 1. The maximum absolute atomic E-state index is 13.7. The fourth-order valence-electron chi connectivity index (χ4n) is 7.60. The van der Waals surface area contributed by atoms with Crippen molar-refractivity contribution < 1.29 is 18.0 Å². The molecular weight excluding hydrogens is 412 g/mol. The number of hydrogen-bond donors (Lipinski definition) is 2. The van der Waals surface area contributed by atoms with Gasteiger partial charge >= 0.3 is 0 Å². The lowest BCUT2D eigenvalue weighted by Gasteiger charge is -2.61. The standard InChI is InChI=1S/C24H32N2O4S/c1-16-5-2-3-6-19(16)31(29,30)26-24(7-4-8-24)20(27)14-22-10-17-9-18(11-22)13-23(12-17,15-22)21(25)28/h2-3,5-6,17-18,26H,4,7-15H2,1H3,(H2,25,28). The largest absolute Gasteiger partial charge is 0.369 e. The molecule has 0 aromatic heterocycles. The fraction of sp³-hybridized carbons (Fsp3) is 0.667. The normalized spacial score (nSPS) is 35.5. The highest BCUT2D eigenvalue weighted by Crippen LogP contribution is 2.66. The maximum atomic E-state index is 13.7. The monoisotopic (exact) mass is 444 g/mol. The summed E-state index contributed by atoms with van der Waals surface area (Å²) < 4.78 is 29.1. The fourth-order valence-corrected chi connectivity index (χ4v) is 9.29. The third kappa shape index (κ3) is 3.35. The first kappa shape index (κ1) is 21.1. The summed E-state index contributed by atoms with van der Waals surface area (Å²) in [5, 5.41) is 0. The first-order valence-electron chi connectivity index (χ1n) is 11.5. The van der Waals surface area contributed by atoms with Crippen molar-refractivity contribution in [2.45, 2.75) is 81.6 Å². The van der Waals surface area contributed by atoms with E-state index in [0.29, 0.717) is 43.1 Å². The molecule has 0 spiro atoms. The van der Waals surface area contributed by atoms with E-state index in [9.17, 15) is 18.0 Å². The van der Waals surface area contributed by atoms with Crippen molar-refractivity contribution in [3.05, 3.63) is 29.8 Å². The Morgan fingerprint density at radius 2 is 1.74 bits per heavy atom. The Bertz CT molecular complexity index is 1030. The average molecular weight is 445 g/mol. The molecule has 5 saturated carbocycles. The van der Waals surface area contributed by atoms with Gasteiger partial charge in [-0.25, -0.2) is 8.42 Å². The van der Waals surface area contributed by atoms with Gasteiger partial charge in [-0.05, 0) is 93.6 Å². The molecule has 6 rings (SSSR count). The second kappa shape index (κ2) is 6.88. The lowest BCUT2D eigenvalue weighted by molar-refractivity contribution is -0.159. The third-order valence-corrected chi connectivity index (χ3v) is 10.4. The Kier molecular flexibility index (Phi) is 4.69. The third-order valence-electron chi connectivity index (χ3n) is 8.69. The van der Waals surface area contributed by atoms with Gasteiger partial charge in [-0.2, -0.15) is 4.72 Å². The van der Waals surface area contributed by atoms with Gasteiger partial charge in [0.1, 0.15) is 0 Å². The Morgan fingerprint density at radius 3 is 2.29 bits per heavy atom. The van der Waals surface area contributed by atoms with Gasteiger partial charge in [0.25, 0.3) is 0 Å². The van der Waals surface area contributed by atoms with Crippen molar-refractivity contribution >= 4 is 21.7 Å². The molecule has 3 N–H and O–H groups in total. The summed E-state index contributed by atoms with van der Waals surface area (Å²) in [4.78, 5) is 26.3. The molecule has 1 amide bonds. The Morgan fingerprint density at radius 1 is 1.10 bits per heavy atom. The highest BCUT2D eigenvalue weighted by molar-refractivity contribution is 7.89. The minimum absolute atomic E-state index is 0.00233. The van der Waals surface area contributed by atoms with Gasteiger partial charge in [0.2, 0.25) is 15.9 Å². The molecule has 5 aliphatic carbocycles. The Labute approximate surface area is 184 Å². The number of primary amides is 1. The summed E-state index contributed by atoms with van der Waals surface area (Å²) in [6.07, 6.45) is 7.75. The van der Waals surface area contributed by atoms with Crippen molar-refractivity contribution in [1.82, 2.24) is 4.72 Å². The molecule has 5 aliphatic rings. The van der Waals surface area contributed by atoms with Crippen molar-refractivity contribution in [3.8, 4) is 0 Å². The van der Waals surface area contributed by atoms with Crippen LogP contribution in [0.15, 0.2) is 29.2 Å². The number of carbonyl (C=O) groups is 2. The quantitative estimate of drug-likeness (QED) is 0.673. The number of nitrogens with one attached hydrogen (secondary N) is 1. The Balaban J connectivity index is 1.39. The van der Waals surface area contributed by atoms with E-state index in [2.05, 4.69) is 4.72 Å². The van der Waals surface area contributed by atoms with Crippen LogP contribution in [0.25, 0.3) is 0 Å². The van der Waals surface area contributed by atoms with Crippen molar-refractivity contribution in [3.63, 3.8) is 0 Å². The van der Waals surface area contributed by atoms with Gasteiger partial charge in [-0.15, -0.1) is 0 Å². The summed E-state index contributed by atoms with van der Waals surface area (Å²) in [7, 11) is -3.79. The molecule has 1 aromatic rings. The second-order valence-corrected chi connectivity index (χ2v) is 12.7. The van der Waals surface area contributed by atoms with Crippen LogP contribution in [0.4, 0.5) is 0 Å². The molecule has 4 bridgehead atoms. The highest BCUT2D eigenvalue weighted by atomic mass is 32.2. The van der Waals surface area contributed by atoms with E-state index < -0.39 is 21.0 Å². The van der Waals surface area contributed by atoms with E-state index in [0.717, 1.165) is 38.5 Å². The number of Topliss-reactive ketones (excluding diaryl/α,β-unsaturated/α-hetero) is 1. The second-order valence-electron chi connectivity index (χ2n) is 11.0. The molecule has 5 fully saturated rings. The zero-order chi connectivity index (χ0) is 22.1. The molecule has 168 valence electrons. The number of nitrogens with two attached hydrogens (primary N) is 1. The van der Waals surface area contributed by atoms with Crippen LogP contribution in [-0.4, -0.2) is 25.6 Å². The molecule has 0 radical (unpaired) electrons. The molecule has 1 aromatic carbocycles. The van der Waals surface area contributed by atoms with E-state index in [-0.39, 0.29) is 22.0 Å². The highest BCUT2D eigenvalue weighted by Gasteiger charge is 2.61. The van der Waals surface area contributed by atoms with Crippen LogP contribution in [-0.2, 0) is 19.6 Å². The number of carbonyl (C=O) groups excluding carboxylic acids is 2. The molecule has 7 heteroatoms. The first-order chi connectivity index (χ1) is 14.6. The molecule has 31 heavy (non-hydrogen) atoms. The molecule has 0 aliphatic heterocycles. The summed E-state index contributed by atoms with van der Waals surface area (Å²) in [6, 6.07) is 6.86. The van der Waals surface area contributed by atoms with Gasteiger partial charge < -0.3 is 5.73 Å². The van der Waals surface area contributed by atoms with Crippen LogP contribution in [0.2, 0.25) is 0 Å². The minimum atomic E-state index is -3.79. The summed E-state index contributed by atoms with van der Waals surface area (Å²) in [6.45, 7) is 1.77. The molecular formula is C24H32N2O4S. The number of hydrogen-bond acceptors (Lipinski definition) is 4. The van der Waals surface area contributed by atoms with Crippen LogP contribution in [0.1, 0.15) is 69.8 Å². The van der Waals surface area contributed by atoms with Crippen molar-refractivity contribution in [2.24, 2.45) is 28.4 Å². The van der Waals surface area contributed by atoms with Crippen molar-refractivity contribution in [1.29, 1.82) is 0 Å². The topological polar surface area (TPSA) is 106 Å². The van der Waals surface area contributed by atoms with Crippen LogP contribution in [0.5, 0.6) is 0 Å². The molecule has 2 unspecified atom stereocenters. The number of benzene rings is 1. The Hall–Kier alpha value is -1.73. The van der Waals surface area contributed by atoms with Crippen molar-refractivity contribution in [2.75, 3.05) is 0 Å². The first-order valence-corrected chi connectivity index (χ1v) is 13.0. The van der Waals surface area contributed by atoms with Gasteiger partial charge in [-0.3, -0.25) is 9.59 Å². The predicted molar refractivity (Wildman–Crippen MR) is 116 cm³/mol. The van der Waals surface area contributed by atoms with Gasteiger partial charge in [0, 0.05) is 6.42 Å². The molecule has 0 heterocycles. The van der Waals surface area contributed by atoms with Crippen LogP contribution in [0.3, 0.4) is 0 Å². The minimum Gasteiger partial charge on any atom is -0.369 e. The molecule has 6 nitrogen and oxygen atoms in total. The summed E-state index contributed by atoms with van der Waals surface area (Å²) >= 11 is 0. The van der Waals surface area contributed by atoms with E-state index in [1.807, 2.05) is 0 Å². The van der Waals surface area contributed by atoms with E-state index >= 15 is 0 Å². The number of sulfonamides is 1. The SMILES string of the molecule is Cc1ccccc1S(=O)(=O)NC1(C(=O)CC23CC4CC(C2)CC(C(N)=O)(C4)C3)CCC1. The number of amides is 1. The number of rotatable bonds is 7. The zero-order valence-electron chi connectivity index (χ0n) is 18.2. The lowest BCUT2D eigenvalue weighted by atomic mass is 9.43. The summed E-state index contributed by atoms with van der Waals surface area (Å²) in [5.41, 5.74) is 4.85. The predicted octanol–water partition coefficient (Wildman–Crippen LogP) is 3.23. The van der Waals surface area contributed by atoms with Gasteiger partial charge in [0.15, 0.2) is 5.78 Å². The van der Waals surface area contributed by atoms with E-state index in [1.165, 1.54) is 0 Å². The smallest absolute Gasteiger partial charge is 0.241 e. The van der Waals surface area contributed by atoms with Gasteiger partial charge in [0.05, 0.1) is 15.8 Å². The van der Waals surface area contributed by atoms with Crippen LogP contribution in [0, 0.1) is 29.6 Å². The summed E-state index contributed by atoms with van der Waals surface area (Å²) in [5.74, 6) is 0.708.